The van der Waals surface area contributed by atoms with Crippen LogP contribution in [0.2, 0.25) is 0 Å². The van der Waals surface area contributed by atoms with Gasteiger partial charge in [0.05, 0.1) is 18.3 Å². The van der Waals surface area contributed by atoms with Crippen molar-refractivity contribution in [2.24, 2.45) is 0 Å². The molecule has 3 aromatic heterocycles. The average molecular weight is 429 g/mol. The molecule has 0 aliphatic heterocycles. The van der Waals surface area contributed by atoms with Gasteiger partial charge >= 0.3 is 0 Å². The molecular formula is C25H20N2O3S. The van der Waals surface area contributed by atoms with Crippen molar-refractivity contribution in [2.75, 3.05) is 0 Å². The van der Waals surface area contributed by atoms with Gasteiger partial charge in [-0.15, -0.1) is 11.3 Å². The Bertz CT molecular complexity index is 1440. The van der Waals surface area contributed by atoms with Gasteiger partial charge in [-0.05, 0) is 29.2 Å². The summed E-state index contributed by atoms with van der Waals surface area (Å²) >= 11 is 1.43. The number of Topliss-reactive ketones (excluding diaryl/α,β-unsaturated/α-hetero) is 1. The number of fused-ring (bicyclic) bond motifs is 2. The highest BCUT2D eigenvalue weighted by atomic mass is 32.1. The Morgan fingerprint density at radius 2 is 1.90 bits per heavy atom. The van der Waals surface area contributed by atoms with Gasteiger partial charge < -0.3 is 4.42 Å². The summed E-state index contributed by atoms with van der Waals surface area (Å²) in [7, 11) is 0. The van der Waals surface area contributed by atoms with E-state index in [0.717, 1.165) is 16.5 Å². The highest BCUT2D eigenvalue weighted by molar-refractivity contribution is 7.17. The SMILES string of the molecule is CC(C)c1ccc(-c2csc3ncn(CC(=O)c4cc5ccccc5o4)c(=O)c23)cc1. The number of hydrogen-bond donors (Lipinski definition) is 0. The molecule has 5 aromatic rings. The largest absolute Gasteiger partial charge is 0.453 e. The molecule has 0 aliphatic carbocycles. The van der Waals surface area contributed by atoms with Gasteiger partial charge in [-0.25, -0.2) is 4.98 Å². The summed E-state index contributed by atoms with van der Waals surface area (Å²) in [5, 5.41) is 3.36. The molecule has 3 heterocycles. The molecule has 2 aromatic carbocycles. The first-order chi connectivity index (χ1) is 15.0. The summed E-state index contributed by atoms with van der Waals surface area (Å²) in [6, 6.07) is 17.4. The number of para-hydroxylation sites is 1. The number of benzene rings is 2. The minimum Gasteiger partial charge on any atom is -0.453 e. The lowest BCUT2D eigenvalue weighted by molar-refractivity contribution is 0.0945. The van der Waals surface area contributed by atoms with Gasteiger partial charge in [0.1, 0.15) is 10.4 Å². The molecule has 5 nitrogen and oxygen atoms in total. The van der Waals surface area contributed by atoms with Gasteiger partial charge in [0.25, 0.3) is 5.56 Å². The van der Waals surface area contributed by atoms with E-state index in [2.05, 4.69) is 31.0 Å². The molecule has 0 saturated heterocycles. The molecule has 0 saturated carbocycles. The molecule has 154 valence electrons. The molecule has 31 heavy (non-hydrogen) atoms. The molecule has 0 fully saturated rings. The van der Waals surface area contributed by atoms with E-state index in [1.54, 1.807) is 6.07 Å². The number of aromatic nitrogens is 2. The quantitative estimate of drug-likeness (QED) is 0.328. The second kappa shape index (κ2) is 7.63. The van der Waals surface area contributed by atoms with Crippen LogP contribution in [0.15, 0.2) is 75.5 Å². The summed E-state index contributed by atoms with van der Waals surface area (Å²) in [6.07, 6.45) is 1.44. The third-order valence-corrected chi connectivity index (χ3v) is 6.35. The lowest BCUT2D eigenvalue weighted by Crippen LogP contribution is -2.24. The Labute approximate surface area is 182 Å². The predicted octanol–water partition coefficient (Wildman–Crippen LogP) is 5.88. The smallest absolute Gasteiger partial charge is 0.263 e. The molecule has 5 rings (SSSR count). The van der Waals surface area contributed by atoms with Gasteiger partial charge in [-0.3, -0.25) is 14.2 Å². The van der Waals surface area contributed by atoms with Crippen LogP contribution in [0.3, 0.4) is 0 Å². The number of thiophene rings is 1. The first-order valence-corrected chi connectivity index (χ1v) is 11.0. The van der Waals surface area contributed by atoms with E-state index in [4.69, 9.17) is 4.42 Å². The Kier molecular flexibility index (Phi) is 4.79. The maximum absolute atomic E-state index is 13.2. The summed E-state index contributed by atoms with van der Waals surface area (Å²) in [5.41, 5.74) is 3.49. The average Bonchev–Trinajstić information content (AvgIpc) is 3.40. The molecule has 0 amide bonds. The minimum atomic E-state index is -0.266. The minimum absolute atomic E-state index is 0.122. The van der Waals surface area contributed by atoms with Crippen molar-refractivity contribution in [3.05, 3.63) is 88.0 Å². The van der Waals surface area contributed by atoms with Gasteiger partial charge in [0, 0.05) is 16.3 Å². The van der Waals surface area contributed by atoms with Crippen molar-refractivity contribution in [1.82, 2.24) is 9.55 Å². The van der Waals surface area contributed by atoms with E-state index >= 15 is 0 Å². The zero-order chi connectivity index (χ0) is 21.5. The van der Waals surface area contributed by atoms with Gasteiger partial charge in [0.2, 0.25) is 5.78 Å². The van der Waals surface area contributed by atoms with Crippen molar-refractivity contribution in [3.63, 3.8) is 0 Å². The molecule has 0 atom stereocenters. The van der Waals surface area contributed by atoms with Gasteiger partial charge in [-0.1, -0.05) is 56.3 Å². The van der Waals surface area contributed by atoms with Crippen molar-refractivity contribution in [1.29, 1.82) is 0 Å². The molecule has 0 radical (unpaired) electrons. The predicted molar refractivity (Wildman–Crippen MR) is 124 cm³/mol. The summed E-state index contributed by atoms with van der Waals surface area (Å²) in [6.45, 7) is 4.18. The molecule has 6 heteroatoms. The number of rotatable bonds is 5. The maximum Gasteiger partial charge on any atom is 0.263 e. The van der Waals surface area contributed by atoms with Crippen molar-refractivity contribution in [3.8, 4) is 11.1 Å². The fourth-order valence-corrected chi connectivity index (χ4v) is 4.60. The van der Waals surface area contributed by atoms with E-state index in [0.29, 0.717) is 21.7 Å². The third kappa shape index (κ3) is 3.49. The monoisotopic (exact) mass is 428 g/mol. The van der Waals surface area contributed by atoms with E-state index in [1.807, 2.05) is 41.8 Å². The number of furan rings is 1. The fraction of sp³-hybridized carbons (Fsp3) is 0.160. The van der Waals surface area contributed by atoms with E-state index in [1.165, 1.54) is 27.8 Å². The molecule has 0 N–H and O–H groups in total. The van der Waals surface area contributed by atoms with Crippen LogP contribution in [-0.4, -0.2) is 15.3 Å². The van der Waals surface area contributed by atoms with Crippen molar-refractivity contribution < 1.29 is 9.21 Å². The zero-order valence-corrected chi connectivity index (χ0v) is 18.0. The number of carbonyl (C=O) groups excluding carboxylic acids is 1. The normalized spacial score (nSPS) is 11.6. The Hall–Kier alpha value is -3.51. The third-order valence-electron chi connectivity index (χ3n) is 5.46. The summed E-state index contributed by atoms with van der Waals surface area (Å²) in [5.74, 6) is 0.414. The van der Waals surface area contributed by atoms with Crippen molar-refractivity contribution >= 4 is 38.3 Å². The van der Waals surface area contributed by atoms with Crippen LogP contribution in [0, 0.1) is 0 Å². The first kappa shape index (κ1) is 19.5. The number of carbonyl (C=O) groups is 1. The maximum atomic E-state index is 13.2. The van der Waals surface area contributed by atoms with Gasteiger partial charge in [-0.2, -0.15) is 0 Å². The molecule has 0 unspecified atom stereocenters. The van der Waals surface area contributed by atoms with Crippen LogP contribution in [0.4, 0.5) is 0 Å². The van der Waals surface area contributed by atoms with Crippen LogP contribution in [0.25, 0.3) is 32.3 Å². The highest BCUT2D eigenvalue weighted by Gasteiger charge is 2.17. The van der Waals surface area contributed by atoms with Crippen LogP contribution < -0.4 is 5.56 Å². The van der Waals surface area contributed by atoms with E-state index in [9.17, 15) is 9.59 Å². The van der Waals surface area contributed by atoms with E-state index < -0.39 is 0 Å². The van der Waals surface area contributed by atoms with Crippen LogP contribution in [0.1, 0.15) is 35.9 Å². The van der Waals surface area contributed by atoms with Crippen LogP contribution in [-0.2, 0) is 6.54 Å². The highest BCUT2D eigenvalue weighted by Crippen LogP contribution is 2.31. The Morgan fingerprint density at radius 1 is 1.13 bits per heavy atom. The Balaban J connectivity index is 1.51. The fourth-order valence-electron chi connectivity index (χ4n) is 3.69. The number of nitrogens with zero attached hydrogens (tertiary/aromatic N) is 2. The number of hydrogen-bond acceptors (Lipinski definition) is 5. The standard InChI is InChI=1S/C25H20N2O3S/c1-15(2)16-7-9-17(10-8-16)19-13-31-24-23(19)25(29)27(14-26-24)12-20(28)22-11-18-5-3-4-6-21(18)30-22/h3-11,13-15H,12H2,1-2H3. The first-order valence-electron chi connectivity index (χ1n) is 10.1. The van der Waals surface area contributed by atoms with Crippen LogP contribution in [0.5, 0.6) is 0 Å². The zero-order valence-electron chi connectivity index (χ0n) is 17.2. The second-order valence-corrected chi connectivity index (χ2v) is 8.71. The molecular weight excluding hydrogens is 408 g/mol. The lowest BCUT2D eigenvalue weighted by atomic mass is 9.99. The van der Waals surface area contributed by atoms with Crippen LogP contribution >= 0.6 is 11.3 Å². The number of ketones is 1. The summed E-state index contributed by atoms with van der Waals surface area (Å²) in [4.78, 5) is 31.1. The molecule has 0 aliphatic rings. The molecule has 0 bridgehead atoms. The summed E-state index contributed by atoms with van der Waals surface area (Å²) < 4.78 is 7.01. The lowest BCUT2D eigenvalue weighted by Gasteiger charge is -2.07. The second-order valence-electron chi connectivity index (χ2n) is 7.86. The Morgan fingerprint density at radius 3 is 2.65 bits per heavy atom. The van der Waals surface area contributed by atoms with Gasteiger partial charge in [0.15, 0.2) is 5.76 Å². The topological polar surface area (TPSA) is 65.1 Å². The van der Waals surface area contributed by atoms with E-state index in [-0.39, 0.29) is 23.6 Å². The molecule has 0 spiro atoms. The van der Waals surface area contributed by atoms with Crippen molar-refractivity contribution in [2.45, 2.75) is 26.3 Å².